The summed E-state index contributed by atoms with van der Waals surface area (Å²) in [5.74, 6) is -1.34. The number of H-pyrrole nitrogens is 1. The molecule has 7 rings (SSSR count). The Morgan fingerprint density at radius 3 is 2.57 bits per heavy atom. The fourth-order valence-electron chi connectivity index (χ4n) is 6.74. The number of piperazine rings is 1. The van der Waals surface area contributed by atoms with Gasteiger partial charge >= 0.3 is 6.18 Å². The van der Waals surface area contributed by atoms with Gasteiger partial charge in [-0.3, -0.25) is 19.5 Å². The highest BCUT2D eigenvalue weighted by molar-refractivity contribution is 6.33. The van der Waals surface area contributed by atoms with E-state index < -0.39 is 29.0 Å². The number of nitrogens with zero attached hydrogens (tertiary/aromatic N) is 8. The minimum atomic E-state index is -4.61. The zero-order chi connectivity index (χ0) is 36.2. The number of halogens is 4. The average Bonchev–Trinajstić information content (AvgIpc) is 3.63. The van der Waals surface area contributed by atoms with Crippen molar-refractivity contribution in [1.29, 1.82) is 0 Å². The minimum absolute atomic E-state index is 0.00275. The number of aromatic nitrogens is 7. The summed E-state index contributed by atoms with van der Waals surface area (Å²) in [6.07, 6.45) is 2.82. The van der Waals surface area contributed by atoms with Crippen LogP contribution in [0.4, 0.5) is 24.5 Å². The Hall–Kier alpha value is -5.58. The number of aromatic hydroxyl groups is 1. The molecular weight excluding hydrogens is 693 g/mol. The van der Waals surface area contributed by atoms with Crippen LogP contribution in [0.25, 0.3) is 22.4 Å². The minimum Gasteiger partial charge on any atom is -0.504 e. The van der Waals surface area contributed by atoms with Crippen molar-refractivity contribution < 1.29 is 27.9 Å². The highest BCUT2D eigenvalue weighted by Gasteiger charge is 2.47. The highest BCUT2D eigenvalue weighted by atomic mass is 35.5. The molecule has 2 amide bonds. The number of amides is 2. The van der Waals surface area contributed by atoms with Crippen molar-refractivity contribution in [2.75, 3.05) is 23.3 Å². The third-order valence-electron chi connectivity index (χ3n) is 9.38. The van der Waals surface area contributed by atoms with Gasteiger partial charge in [-0.05, 0) is 44.4 Å². The van der Waals surface area contributed by atoms with Crippen molar-refractivity contribution in [2.45, 2.75) is 57.9 Å². The number of pyridine rings is 1. The van der Waals surface area contributed by atoms with Gasteiger partial charge in [0.25, 0.3) is 5.91 Å². The zero-order valence-electron chi connectivity index (χ0n) is 27.2. The summed E-state index contributed by atoms with van der Waals surface area (Å²) >= 11 is 6.13. The van der Waals surface area contributed by atoms with E-state index in [2.05, 4.69) is 35.5 Å². The molecule has 1 aromatic carbocycles. The van der Waals surface area contributed by atoms with Crippen LogP contribution in [0.2, 0.25) is 5.02 Å². The Balaban J connectivity index is 1.28. The molecule has 1 aliphatic heterocycles. The van der Waals surface area contributed by atoms with Crippen LogP contribution in [0, 0.1) is 6.92 Å². The van der Waals surface area contributed by atoms with Gasteiger partial charge in [0, 0.05) is 36.6 Å². The molecule has 1 aliphatic carbocycles. The van der Waals surface area contributed by atoms with Crippen molar-refractivity contribution in [1.82, 2.24) is 39.6 Å². The summed E-state index contributed by atoms with van der Waals surface area (Å²) in [6.45, 7) is 3.51. The fourth-order valence-corrected chi connectivity index (χ4v) is 6.97. The standard InChI is InChI=1S/C33H30ClF3N10O4/c1-3-22-28(45-8-9-46(24-7-6-23(24)45)32(51)27-29(49)16(2)39-15-40-27)30(50)26-31(38-13-21(44-26)17-11-41-42-12-17)47(22)14-25(48)43-20-5-4-18(10-19(20)34)33(35,36)37/h4-5,10-13,15,23-24,49H,3,6-9,14H2,1-2H3,(H,41,42)(H,43,48)/t23-,24-/m0/s1. The van der Waals surface area contributed by atoms with Crippen LogP contribution in [0.3, 0.4) is 0 Å². The Kier molecular flexibility index (Phi) is 8.61. The Bertz CT molecular complexity index is 2250. The molecule has 1 saturated heterocycles. The molecule has 0 bridgehead atoms. The molecule has 0 radical (unpaired) electrons. The number of benzene rings is 1. The van der Waals surface area contributed by atoms with Crippen LogP contribution in [-0.4, -0.2) is 81.7 Å². The van der Waals surface area contributed by atoms with Crippen molar-refractivity contribution in [2.24, 2.45) is 0 Å². The summed E-state index contributed by atoms with van der Waals surface area (Å²) in [5.41, 5.74) is 0.685. The van der Waals surface area contributed by atoms with Crippen molar-refractivity contribution >= 4 is 46.0 Å². The fraction of sp³-hybridized carbons (Fsp3) is 0.333. The van der Waals surface area contributed by atoms with Crippen molar-refractivity contribution in [3.8, 4) is 17.0 Å². The van der Waals surface area contributed by atoms with Crippen LogP contribution in [0.15, 0.2) is 47.9 Å². The van der Waals surface area contributed by atoms with Crippen molar-refractivity contribution in [3.63, 3.8) is 0 Å². The van der Waals surface area contributed by atoms with E-state index in [1.54, 1.807) is 22.6 Å². The number of aryl methyl sites for hydroxylation is 1. The number of hydrogen-bond donors (Lipinski definition) is 3. The van der Waals surface area contributed by atoms with Crippen LogP contribution in [0.5, 0.6) is 5.75 Å². The van der Waals surface area contributed by atoms with E-state index in [-0.39, 0.29) is 70.7 Å². The number of aromatic amines is 1. The lowest BCUT2D eigenvalue weighted by Gasteiger charge is -2.54. The second kappa shape index (κ2) is 12.9. The Morgan fingerprint density at radius 1 is 1.12 bits per heavy atom. The van der Waals surface area contributed by atoms with Crippen LogP contribution >= 0.6 is 11.6 Å². The summed E-state index contributed by atoms with van der Waals surface area (Å²) in [5, 5.41) is 19.5. The van der Waals surface area contributed by atoms with Crippen LogP contribution in [0.1, 0.15) is 47.2 Å². The van der Waals surface area contributed by atoms with Gasteiger partial charge in [-0.15, -0.1) is 0 Å². The topological polar surface area (TPSA) is 175 Å². The molecular formula is C33H30ClF3N10O4. The number of alkyl halides is 3. The smallest absolute Gasteiger partial charge is 0.416 e. The Labute approximate surface area is 292 Å². The molecule has 4 aromatic heterocycles. The monoisotopic (exact) mass is 722 g/mol. The van der Waals surface area contributed by atoms with Crippen LogP contribution < -0.4 is 15.6 Å². The second-order valence-electron chi connectivity index (χ2n) is 12.3. The number of carbonyl (C=O) groups excluding carboxylic acids is 2. The zero-order valence-corrected chi connectivity index (χ0v) is 28.0. The van der Waals surface area contributed by atoms with Gasteiger partial charge < -0.3 is 24.8 Å². The normalized spacial score (nSPS) is 17.3. The number of carbonyl (C=O) groups is 2. The number of hydrogen-bond acceptors (Lipinski definition) is 10. The van der Waals surface area contributed by atoms with Gasteiger partial charge in [0.05, 0.1) is 46.1 Å². The molecule has 14 nitrogen and oxygen atoms in total. The Morgan fingerprint density at radius 2 is 1.90 bits per heavy atom. The summed E-state index contributed by atoms with van der Waals surface area (Å²) in [7, 11) is 0. The molecule has 264 valence electrons. The van der Waals surface area contributed by atoms with Gasteiger partial charge in [-0.1, -0.05) is 18.5 Å². The van der Waals surface area contributed by atoms with Gasteiger partial charge in [0.1, 0.15) is 18.6 Å². The van der Waals surface area contributed by atoms with Gasteiger partial charge in [0.15, 0.2) is 22.6 Å². The average molecular weight is 723 g/mol. The number of nitrogens with one attached hydrogen (secondary N) is 2. The maximum absolute atomic E-state index is 14.5. The lowest BCUT2D eigenvalue weighted by molar-refractivity contribution is -0.137. The van der Waals surface area contributed by atoms with Gasteiger partial charge in [-0.2, -0.15) is 18.3 Å². The molecule has 1 saturated carbocycles. The number of anilines is 2. The van der Waals surface area contributed by atoms with E-state index >= 15 is 0 Å². The van der Waals surface area contributed by atoms with E-state index in [1.165, 1.54) is 18.7 Å². The molecule has 5 heterocycles. The molecule has 0 spiro atoms. The van der Waals surface area contributed by atoms with Gasteiger partial charge in [0.2, 0.25) is 11.3 Å². The first kappa shape index (κ1) is 33.9. The second-order valence-corrected chi connectivity index (χ2v) is 12.7. The van der Waals surface area contributed by atoms with E-state index in [0.29, 0.717) is 41.9 Å². The first-order valence-corrected chi connectivity index (χ1v) is 16.4. The first-order chi connectivity index (χ1) is 24.4. The van der Waals surface area contributed by atoms with E-state index in [4.69, 9.17) is 11.6 Å². The molecule has 2 aliphatic rings. The maximum atomic E-state index is 14.5. The predicted octanol–water partition coefficient (Wildman–Crippen LogP) is 4.35. The largest absolute Gasteiger partial charge is 0.504 e. The predicted molar refractivity (Wildman–Crippen MR) is 179 cm³/mol. The van der Waals surface area contributed by atoms with E-state index in [0.717, 1.165) is 18.2 Å². The third-order valence-corrected chi connectivity index (χ3v) is 9.69. The number of rotatable bonds is 7. The highest BCUT2D eigenvalue weighted by Crippen LogP contribution is 2.39. The summed E-state index contributed by atoms with van der Waals surface area (Å²) in [6, 6.07) is 2.08. The molecule has 3 N–H and O–H groups in total. The molecule has 2 fully saturated rings. The molecule has 51 heavy (non-hydrogen) atoms. The lowest BCUT2D eigenvalue weighted by Crippen LogP contribution is -2.67. The molecule has 5 aromatic rings. The quantitative estimate of drug-likeness (QED) is 0.219. The molecule has 2 atom stereocenters. The van der Waals surface area contributed by atoms with Crippen molar-refractivity contribution in [3.05, 3.63) is 81.0 Å². The SMILES string of the molecule is CCc1c(N2CCN(C(=O)c3ncnc(C)c3O)[C@H]3CC[C@@H]32)c(=O)c2nc(-c3cn[nH]c3)cnc2n1CC(=O)Nc1ccc(C(F)(F)F)cc1Cl. The summed E-state index contributed by atoms with van der Waals surface area (Å²) in [4.78, 5) is 62.4. The first-order valence-electron chi connectivity index (χ1n) is 16.0. The lowest BCUT2D eigenvalue weighted by atomic mass is 9.81. The third kappa shape index (κ3) is 6.00. The van der Waals surface area contributed by atoms with Crippen LogP contribution in [-0.2, 0) is 23.9 Å². The van der Waals surface area contributed by atoms with E-state index in [1.807, 2.05) is 11.8 Å². The maximum Gasteiger partial charge on any atom is 0.416 e. The number of fused-ring (bicyclic) bond motifs is 2. The van der Waals surface area contributed by atoms with E-state index in [9.17, 15) is 32.7 Å². The van der Waals surface area contributed by atoms with Gasteiger partial charge in [-0.25, -0.2) is 19.9 Å². The molecule has 18 heteroatoms. The molecule has 0 unspecified atom stereocenters. The summed E-state index contributed by atoms with van der Waals surface area (Å²) < 4.78 is 41.2.